The van der Waals surface area contributed by atoms with Crippen molar-refractivity contribution >= 4 is 35.8 Å². The molecule has 1 aliphatic carbocycles. The van der Waals surface area contributed by atoms with Crippen LogP contribution in [0.25, 0.3) is 0 Å². The Bertz CT molecular complexity index is 536. The number of rotatable bonds is 6. The van der Waals surface area contributed by atoms with Gasteiger partial charge in [-0.1, -0.05) is 13.3 Å². The molecular weight excluding hydrogens is 419 g/mol. The van der Waals surface area contributed by atoms with Gasteiger partial charge in [0.1, 0.15) is 12.3 Å². The van der Waals surface area contributed by atoms with Crippen LogP contribution in [-0.2, 0) is 6.54 Å². The molecule has 2 rings (SSSR count). The number of nitrogens with two attached hydrogens (primary N) is 1. The van der Waals surface area contributed by atoms with Gasteiger partial charge in [-0.05, 0) is 50.7 Å². The molecule has 0 aliphatic heterocycles. The van der Waals surface area contributed by atoms with Gasteiger partial charge in [0.2, 0.25) is 0 Å². The van der Waals surface area contributed by atoms with Crippen LogP contribution in [0.1, 0.15) is 62.3 Å². The van der Waals surface area contributed by atoms with Crippen LogP contribution in [0, 0.1) is 5.92 Å². The largest absolute Gasteiger partial charge is 0.454 e. The number of carbonyl (C=O) groups excluding carboxylic acids is 1. The Hall–Kier alpha value is -1.25. The van der Waals surface area contributed by atoms with E-state index in [0.29, 0.717) is 18.3 Å². The van der Waals surface area contributed by atoms with E-state index in [1.807, 2.05) is 6.92 Å². The van der Waals surface area contributed by atoms with Gasteiger partial charge < -0.3 is 20.8 Å². The summed E-state index contributed by atoms with van der Waals surface area (Å²) in [5.74, 6) is 1.92. The van der Waals surface area contributed by atoms with Gasteiger partial charge in [-0.25, -0.2) is 4.99 Å². The molecule has 136 valence electrons. The van der Waals surface area contributed by atoms with E-state index in [0.717, 1.165) is 18.4 Å². The minimum atomic E-state index is -0.557. The number of furan rings is 1. The van der Waals surface area contributed by atoms with E-state index < -0.39 is 5.91 Å². The highest BCUT2D eigenvalue weighted by atomic mass is 127. The molecule has 4 N–H and O–H groups in total. The molecular formula is C17H29IN4O2. The van der Waals surface area contributed by atoms with Gasteiger partial charge in [0.05, 0.1) is 0 Å². The van der Waals surface area contributed by atoms with E-state index in [4.69, 9.17) is 10.2 Å². The number of hydrogen-bond acceptors (Lipinski definition) is 3. The molecule has 0 unspecified atom stereocenters. The molecule has 1 aliphatic rings. The quantitative estimate of drug-likeness (QED) is 0.355. The van der Waals surface area contributed by atoms with Crippen LogP contribution in [0.5, 0.6) is 0 Å². The molecule has 1 heterocycles. The number of carbonyl (C=O) groups is 1. The van der Waals surface area contributed by atoms with Gasteiger partial charge in [-0.15, -0.1) is 24.0 Å². The second-order valence-electron chi connectivity index (χ2n) is 6.10. The third-order valence-electron chi connectivity index (χ3n) is 4.41. The maximum absolute atomic E-state index is 11.0. The van der Waals surface area contributed by atoms with Gasteiger partial charge in [-0.2, -0.15) is 0 Å². The Morgan fingerprint density at radius 1 is 1.29 bits per heavy atom. The smallest absolute Gasteiger partial charge is 0.284 e. The molecule has 7 heteroatoms. The normalized spacial score (nSPS) is 21.0. The molecule has 6 nitrogen and oxygen atoms in total. The molecule has 0 bridgehead atoms. The minimum absolute atomic E-state index is 0. The standard InChI is InChI=1S/C17H28N4O2.HI/c1-3-12-5-7-13(8-6-12)21-17(19-4-2)20-11-14-9-10-15(23-14)16(18)22;/h9-10,12-13H,3-8,11H2,1-2H3,(H2,18,22)(H2,19,20,21);1H. The second-order valence-corrected chi connectivity index (χ2v) is 6.10. The van der Waals surface area contributed by atoms with Crippen molar-refractivity contribution in [2.45, 2.75) is 58.5 Å². The Labute approximate surface area is 161 Å². The number of halogens is 1. The van der Waals surface area contributed by atoms with Crippen molar-refractivity contribution in [1.29, 1.82) is 0 Å². The van der Waals surface area contributed by atoms with Crippen LogP contribution in [0.2, 0.25) is 0 Å². The summed E-state index contributed by atoms with van der Waals surface area (Å²) in [6, 6.07) is 3.80. The van der Waals surface area contributed by atoms with E-state index >= 15 is 0 Å². The van der Waals surface area contributed by atoms with E-state index in [1.165, 1.54) is 32.1 Å². The first-order valence-corrected chi connectivity index (χ1v) is 8.55. The topological polar surface area (TPSA) is 92.6 Å². The summed E-state index contributed by atoms with van der Waals surface area (Å²) >= 11 is 0. The zero-order valence-corrected chi connectivity index (χ0v) is 16.8. The number of amides is 1. The molecule has 24 heavy (non-hydrogen) atoms. The Balaban J connectivity index is 0.00000288. The van der Waals surface area contributed by atoms with Crippen molar-refractivity contribution in [1.82, 2.24) is 10.6 Å². The number of nitrogens with zero attached hydrogens (tertiary/aromatic N) is 1. The second kappa shape index (κ2) is 10.6. The molecule has 0 saturated heterocycles. The van der Waals surface area contributed by atoms with Crippen LogP contribution < -0.4 is 16.4 Å². The minimum Gasteiger partial charge on any atom is -0.454 e. The number of guanidine groups is 1. The average Bonchev–Trinajstić information content (AvgIpc) is 3.03. The molecule has 1 aromatic heterocycles. The third kappa shape index (κ3) is 6.33. The van der Waals surface area contributed by atoms with Crippen LogP contribution in [0.15, 0.2) is 21.5 Å². The molecule has 1 aromatic rings. The third-order valence-corrected chi connectivity index (χ3v) is 4.41. The van der Waals surface area contributed by atoms with Crippen LogP contribution >= 0.6 is 24.0 Å². The summed E-state index contributed by atoms with van der Waals surface area (Å²) in [7, 11) is 0. The van der Waals surface area contributed by atoms with Crippen molar-refractivity contribution in [2.75, 3.05) is 6.54 Å². The number of aliphatic imine (C=N–C) groups is 1. The van der Waals surface area contributed by atoms with Gasteiger partial charge in [0, 0.05) is 12.6 Å². The van der Waals surface area contributed by atoms with Crippen molar-refractivity contribution in [2.24, 2.45) is 16.6 Å². The van der Waals surface area contributed by atoms with Gasteiger partial charge in [0.15, 0.2) is 11.7 Å². The molecule has 0 spiro atoms. The van der Waals surface area contributed by atoms with E-state index in [2.05, 4.69) is 22.5 Å². The predicted molar refractivity (Wildman–Crippen MR) is 107 cm³/mol. The lowest BCUT2D eigenvalue weighted by atomic mass is 9.84. The first-order valence-electron chi connectivity index (χ1n) is 8.55. The fourth-order valence-electron chi connectivity index (χ4n) is 2.98. The van der Waals surface area contributed by atoms with Gasteiger partial charge >= 0.3 is 0 Å². The maximum Gasteiger partial charge on any atom is 0.284 e. The SMILES string of the molecule is CCNC(=NCc1ccc(C(N)=O)o1)NC1CCC(CC)CC1.I. The zero-order valence-electron chi connectivity index (χ0n) is 14.5. The predicted octanol–water partition coefficient (Wildman–Crippen LogP) is 3.02. The lowest BCUT2D eigenvalue weighted by Gasteiger charge is -2.29. The lowest BCUT2D eigenvalue weighted by molar-refractivity contribution is 0.0972. The maximum atomic E-state index is 11.0. The summed E-state index contributed by atoms with van der Waals surface area (Å²) in [4.78, 5) is 15.6. The van der Waals surface area contributed by atoms with Crippen molar-refractivity contribution < 1.29 is 9.21 Å². The van der Waals surface area contributed by atoms with E-state index in [1.54, 1.807) is 12.1 Å². The van der Waals surface area contributed by atoms with Crippen LogP contribution in [-0.4, -0.2) is 24.5 Å². The van der Waals surface area contributed by atoms with Crippen molar-refractivity contribution in [3.63, 3.8) is 0 Å². The molecule has 0 radical (unpaired) electrons. The summed E-state index contributed by atoms with van der Waals surface area (Å²) in [6.45, 7) is 5.50. The monoisotopic (exact) mass is 448 g/mol. The summed E-state index contributed by atoms with van der Waals surface area (Å²) in [5.41, 5.74) is 5.18. The van der Waals surface area contributed by atoms with Crippen LogP contribution in [0.3, 0.4) is 0 Å². The molecule has 1 saturated carbocycles. The van der Waals surface area contributed by atoms with E-state index in [-0.39, 0.29) is 29.7 Å². The fraction of sp³-hybridized carbons (Fsp3) is 0.647. The number of nitrogens with one attached hydrogen (secondary N) is 2. The van der Waals surface area contributed by atoms with Gasteiger partial charge in [0.25, 0.3) is 5.91 Å². The first-order chi connectivity index (χ1) is 11.1. The zero-order chi connectivity index (χ0) is 16.7. The Morgan fingerprint density at radius 2 is 2.00 bits per heavy atom. The first kappa shape index (κ1) is 20.8. The summed E-state index contributed by atoms with van der Waals surface area (Å²) in [5, 5.41) is 6.77. The molecule has 0 aromatic carbocycles. The Kier molecular flexibility index (Phi) is 9.17. The highest BCUT2D eigenvalue weighted by Gasteiger charge is 2.20. The highest BCUT2D eigenvalue weighted by Crippen LogP contribution is 2.26. The van der Waals surface area contributed by atoms with Crippen LogP contribution in [0.4, 0.5) is 0 Å². The van der Waals surface area contributed by atoms with Crippen molar-refractivity contribution in [3.8, 4) is 0 Å². The number of hydrogen-bond donors (Lipinski definition) is 3. The average molecular weight is 448 g/mol. The fourth-order valence-corrected chi connectivity index (χ4v) is 2.98. The molecule has 1 amide bonds. The van der Waals surface area contributed by atoms with Gasteiger partial charge in [-0.3, -0.25) is 4.79 Å². The number of primary amides is 1. The Morgan fingerprint density at radius 3 is 2.54 bits per heavy atom. The molecule has 1 fully saturated rings. The molecule has 0 atom stereocenters. The van der Waals surface area contributed by atoms with Crippen molar-refractivity contribution in [3.05, 3.63) is 23.7 Å². The summed E-state index contributed by atoms with van der Waals surface area (Å²) < 4.78 is 5.36. The summed E-state index contributed by atoms with van der Waals surface area (Å²) in [6.07, 6.45) is 6.23. The van der Waals surface area contributed by atoms with E-state index in [9.17, 15) is 4.79 Å². The highest BCUT2D eigenvalue weighted by molar-refractivity contribution is 14.0. The lowest BCUT2D eigenvalue weighted by Crippen LogP contribution is -2.44.